The Morgan fingerprint density at radius 2 is 1.72 bits per heavy atom. The molecule has 9 nitrogen and oxygen atoms in total. The van der Waals surface area contributed by atoms with Crippen molar-refractivity contribution < 1.29 is 22.7 Å². The summed E-state index contributed by atoms with van der Waals surface area (Å²) >= 11 is 0. The molecule has 3 heterocycles. The highest BCUT2D eigenvalue weighted by molar-refractivity contribution is 7.90. The molecule has 4 fully saturated rings. The number of ether oxygens (including phenoxy) is 1. The lowest BCUT2D eigenvalue weighted by Gasteiger charge is -2.36. The summed E-state index contributed by atoms with van der Waals surface area (Å²) in [6.07, 6.45) is 7.51. The van der Waals surface area contributed by atoms with Crippen molar-refractivity contribution >= 4 is 33.3 Å². The van der Waals surface area contributed by atoms with Crippen LogP contribution in [0.5, 0.6) is 0 Å². The van der Waals surface area contributed by atoms with E-state index in [1.165, 1.54) is 53.8 Å². The predicted octanol–water partition coefficient (Wildman–Crippen LogP) is 3.16. The van der Waals surface area contributed by atoms with Gasteiger partial charge in [0.05, 0.1) is 17.0 Å². The topological polar surface area (TPSA) is 100 Å². The quantitative estimate of drug-likeness (QED) is 0.589. The Labute approximate surface area is 211 Å². The summed E-state index contributed by atoms with van der Waals surface area (Å²) in [6.45, 7) is 2.85. The summed E-state index contributed by atoms with van der Waals surface area (Å²) in [5.74, 6) is 1.98. The Morgan fingerprint density at radius 3 is 2.33 bits per heavy atom. The molecule has 2 aliphatic carbocycles. The number of carbonyl (C=O) groups excluding carboxylic acids is 2. The van der Waals surface area contributed by atoms with Crippen LogP contribution in [0.4, 0.5) is 16.3 Å². The number of rotatable bonds is 6. The van der Waals surface area contributed by atoms with E-state index >= 15 is 0 Å². The second-order valence-electron chi connectivity index (χ2n) is 10.2. The van der Waals surface area contributed by atoms with Crippen LogP contribution in [0.1, 0.15) is 59.0 Å². The van der Waals surface area contributed by atoms with Gasteiger partial charge < -0.3 is 14.5 Å². The summed E-state index contributed by atoms with van der Waals surface area (Å²) in [7, 11) is -3.70. The third-order valence-electron chi connectivity index (χ3n) is 7.52. The van der Waals surface area contributed by atoms with Gasteiger partial charge in [0.1, 0.15) is 12.4 Å². The predicted molar refractivity (Wildman–Crippen MR) is 135 cm³/mol. The summed E-state index contributed by atoms with van der Waals surface area (Å²) in [5.41, 5.74) is 3.24. The fourth-order valence-corrected chi connectivity index (χ4v) is 6.06. The lowest BCUT2D eigenvalue weighted by molar-refractivity contribution is 0.0742. The van der Waals surface area contributed by atoms with Gasteiger partial charge in [-0.05, 0) is 66.8 Å². The van der Waals surface area contributed by atoms with Gasteiger partial charge in [-0.2, -0.15) is 0 Å². The Morgan fingerprint density at radius 1 is 1.00 bits per heavy atom. The molecule has 1 aromatic carbocycles. The smallest absolute Gasteiger partial charge is 0.414 e. The molecule has 2 saturated carbocycles. The van der Waals surface area contributed by atoms with E-state index in [0.717, 1.165) is 12.1 Å². The monoisotopic (exact) mass is 510 g/mol. The van der Waals surface area contributed by atoms with E-state index < -0.39 is 15.9 Å². The Balaban J connectivity index is 1.20. The van der Waals surface area contributed by atoms with E-state index in [1.807, 2.05) is 6.20 Å². The first-order valence-corrected chi connectivity index (χ1v) is 14.5. The second kappa shape index (κ2) is 8.76. The number of benzene rings is 1. The summed E-state index contributed by atoms with van der Waals surface area (Å²) < 4.78 is 30.1. The number of pyridine rings is 1. The number of carbonyl (C=O) groups is 2. The number of anilines is 2. The zero-order valence-electron chi connectivity index (χ0n) is 20.4. The van der Waals surface area contributed by atoms with Gasteiger partial charge in [-0.3, -0.25) is 9.69 Å². The van der Waals surface area contributed by atoms with Gasteiger partial charge in [-0.15, -0.1) is 0 Å². The summed E-state index contributed by atoms with van der Waals surface area (Å²) in [4.78, 5) is 35.5. The van der Waals surface area contributed by atoms with Crippen molar-refractivity contribution in [3.8, 4) is 0 Å². The molecule has 2 saturated heterocycles. The zero-order chi connectivity index (χ0) is 25.0. The van der Waals surface area contributed by atoms with Crippen molar-refractivity contribution in [3.63, 3.8) is 0 Å². The average Bonchev–Trinajstić information content (AvgIpc) is 3.80. The van der Waals surface area contributed by atoms with Crippen LogP contribution >= 0.6 is 0 Å². The maximum atomic E-state index is 13.4. The molecule has 0 bridgehead atoms. The van der Waals surface area contributed by atoms with E-state index in [1.54, 1.807) is 11.0 Å². The number of amides is 2. The molecule has 10 heteroatoms. The first-order chi connectivity index (χ1) is 17.3. The van der Waals surface area contributed by atoms with Gasteiger partial charge in [0.15, 0.2) is 9.84 Å². The molecular formula is C26H30N4O5S. The highest BCUT2D eigenvalue weighted by Gasteiger charge is 2.34. The third-order valence-corrected chi connectivity index (χ3v) is 8.65. The summed E-state index contributed by atoms with van der Waals surface area (Å²) in [6, 6.07) is 6.87. The fourth-order valence-electron chi connectivity index (χ4n) is 5.17. The van der Waals surface area contributed by atoms with Crippen LogP contribution in [-0.2, 0) is 14.6 Å². The molecule has 2 amide bonds. The minimum atomic E-state index is -3.70. The molecule has 190 valence electrons. The van der Waals surface area contributed by atoms with Crippen molar-refractivity contribution in [3.05, 3.63) is 47.2 Å². The van der Waals surface area contributed by atoms with Gasteiger partial charge >= 0.3 is 6.09 Å². The second-order valence-corrected chi connectivity index (χ2v) is 12.2. The van der Waals surface area contributed by atoms with E-state index in [9.17, 15) is 18.0 Å². The van der Waals surface area contributed by atoms with Crippen LogP contribution in [0.25, 0.3) is 0 Å². The lowest BCUT2D eigenvalue weighted by atomic mass is 10.1. The largest absolute Gasteiger partial charge is 0.447 e. The van der Waals surface area contributed by atoms with Crippen molar-refractivity contribution in [1.29, 1.82) is 0 Å². The third kappa shape index (κ3) is 4.42. The number of cyclic esters (lactones) is 1. The zero-order valence-corrected chi connectivity index (χ0v) is 21.2. The van der Waals surface area contributed by atoms with Gasteiger partial charge in [-0.1, -0.05) is 6.07 Å². The van der Waals surface area contributed by atoms with Crippen molar-refractivity contribution in [2.45, 2.75) is 42.4 Å². The van der Waals surface area contributed by atoms with E-state index in [4.69, 9.17) is 9.72 Å². The van der Waals surface area contributed by atoms with Crippen molar-refractivity contribution in [1.82, 2.24) is 9.88 Å². The Hall–Kier alpha value is -3.14. The molecule has 36 heavy (non-hydrogen) atoms. The molecule has 2 aliphatic heterocycles. The average molecular weight is 511 g/mol. The molecule has 0 spiro atoms. The van der Waals surface area contributed by atoms with Gasteiger partial charge in [-0.25, -0.2) is 18.2 Å². The molecule has 0 radical (unpaired) electrons. The van der Waals surface area contributed by atoms with Crippen molar-refractivity contribution in [2.75, 3.05) is 55.4 Å². The fraction of sp³-hybridized carbons (Fsp3) is 0.500. The number of sulfone groups is 1. The van der Waals surface area contributed by atoms with Crippen LogP contribution in [0.2, 0.25) is 0 Å². The Bertz CT molecular complexity index is 1330. The molecule has 0 unspecified atom stereocenters. The first kappa shape index (κ1) is 23.3. The summed E-state index contributed by atoms with van der Waals surface area (Å²) in [5, 5.41) is 0. The standard InChI is InChI=1S/C26H30N4O5S/c1-36(33,34)23-15-20(30-12-13-35-26(30)32)6-7-21(23)25(31)29-10-8-28(9-11-29)24-22(18-4-5-18)14-19(16-27-24)17-2-3-17/h6-7,14-18H,2-5,8-13H2,1H3. The molecule has 6 rings (SSSR count). The van der Waals surface area contributed by atoms with Gasteiger partial charge in [0.2, 0.25) is 0 Å². The Kier molecular flexibility index (Phi) is 5.66. The maximum absolute atomic E-state index is 13.4. The van der Waals surface area contributed by atoms with E-state index in [0.29, 0.717) is 50.2 Å². The van der Waals surface area contributed by atoms with Crippen LogP contribution < -0.4 is 9.80 Å². The van der Waals surface area contributed by atoms with Gasteiger partial charge in [0, 0.05) is 44.3 Å². The number of piperazine rings is 1. The molecule has 1 aromatic heterocycles. The SMILES string of the molecule is CS(=O)(=O)c1cc(N2CCOC2=O)ccc1C(=O)N1CCN(c2ncc(C3CC3)cc2C2CC2)CC1. The van der Waals surface area contributed by atoms with E-state index in [2.05, 4.69) is 11.0 Å². The van der Waals surface area contributed by atoms with Crippen molar-refractivity contribution in [2.24, 2.45) is 0 Å². The minimum Gasteiger partial charge on any atom is -0.447 e. The molecule has 2 aromatic rings. The molecule has 0 N–H and O–H groups in total. The molecule has 0 atom stereocenters. The van der Waals surface area contributed by atoms with Crippen LogP contribution in [0.15, 0.2) is 35.4 Å². The normalized spacial score (nSPS) is 20.6. The molecule has 4 aliphatic rings. The number of hydrogen-bond donors (Lipinski definition) is 0. The maximum Gasteiger partial charge on any atom is 0.414 e. The minimum absolute atomic E-state index is 0.0690. The van der Waals surface area contributed by atoms with E-state index in [-0.39, 0.29) is 23.0 Å². The first-order valence-electron chi connectivity index (χ1n) is 12.6. The lowest BCUT2D eigenvalue weighted by Crippen LogP contribution is -2.49. The number of hydrogen-bond acceptors (Lipinski definition) is 7. The van der Waals surface area contributed by atoms with Crippen LogP contribution in [0, 0.1) is 0 Å². The molecular weight excluding hydrogens is 480 g/mol. The highest BCUT2D eigenvalue weighted by atomic mass is 32.2. The van der Waals surface area contributed by atoms with Gasteiger partial charge in [0.25, 0.3) is 5.91 Å². The number of nitrogens with zero attached hydrogens (tertiary/aromatic N) is 4. The number of aromatic nitrogens is 1. The highest BCUT2D eigenvalue weighted by Crippen LogP contribution is 2.47. The van der Waals surface area contributed by atoms with Crippen LogP contribution in [0.3, 0.4) is 0 Å². The van der Waals surface area contributed by atoms with Crippen LogP contribution in [-0.4, -0.2) is 75.9 Å².